The number of alkyl halides is 3. The Bertz CT molecular complexity index is 522. The first kappa shape index (κ1) is 19.4. The molecule has 2 aliphatic rings. The highest BCUT2D eigenvalue weighted by Crippen LogP contribution is 2.43. The summed E-state index contributed by atoms with van der Waals surface area (Å²) in [5.74, 6) is -1.92. The molecule has 0 saturated carbocycles. The van der Waals surface area contributed by atoms with E-state index in [4.69, 9.17) is 20.4 Å². The fourth-order valence-corrected chi connectivity index (χ4v) is 3.26. The quantitative estimate of drug-likeness (QED) is 0.784. The summed E-state index contributed by atoms with van der Waals surface area (Å²) < 4.78 is 44.9. The van der Waals surface area contributed by atoms with E-state index in [1.165, 1.54) is 12.2 Å². The Hall–Kier alpha value is -0.880. The van der Waals surface area contributed by atoms with Gasteiger partial charge < -0.3 is 9.64 Å². The van der Waals surface area contributed by atoms with Gasteiger partial charge in [-0.05, 0) is 45.2 Å². The molecule has 0 aromatic carbocycles. The molecule has 3 unspecified atom stereocenters. The Labute approximate surface area is 144 Å². The van der Waals surface area contributed by atoms with Crippen LogP contribution in [-0.2, 0) is 4.74 Å². The van der Waals surface area contributed by atoms with Crippen LogP contribution < -0.4 is 5.32 Å². The van der Waals surface area contributed by atoms with Crippen molar-refractivity contribution in [2.45, 2.75) is 56.6 Å². The Morgan fingerprint density at radius 1 is 1.38 bits per heavy atom. The lowest BCUT2D eigenvalue weighted by Crippen LogP contribution is -2.61. The third kappa shape index (κ3) is 3.69. The highest BCUT2D eigenvalue weighted by molar-refractivity contribution is 6.15. The minimum absolute atomic E-state index is 0.0554. The Kier molecular flexibility index (Phi) is 5.50. The van der Waals surface area contributed by atoms with Crippen molar-refractivity contribution in [2.24, 2.45) is 5.92 Å². The molecule has 0 bridgehead atoms. The molecule has 1 heterocycles. The van der Waals surface area contributed by atoms with Crippen molar-refractivity contribution in [3.05, 3.63) is 23.9 Å². The van der Waals surface area contributed by atoms with Gasteiger partial charge in [0.2, 0.25) is 0 Å². The zero-order valence-corrected chi connectivity index (χ0v) is 14.4. The van der Waals surface area contributed by atoms with E-state index < -0.39 is 29.0 Å². The van der Waals surface area contributed by atoms with Crippen molar-refractivity contribution in [3.8, 4) is 0 Å². The van der Waals surface area contributed by atoms with E-state index in [9.17, 15) is 13.2 Å². The largest absolute Gasteiger partial charge is 0.395 e. The SMILES string of the molecule is [B]CC1(C)C([B])C(C)(C)NCOCN1C1=CC(C(F)(F)F)CC=C1. The van der Waals surface area contributed by atoms with Gasteiger partial charge in [0.1, 0.15) is 6.73 Å². The molecular formula is C16H23B2F3N2O. The average molecular weight is 338 g/mol. The normalized spacial score (nSPS) is 34.4. The highest BCUT2D eigenvalue weighted by atomic mass is 19.4. The maximum absolute atomic E-state index is 13.1. The molecule has 0 spiro atoms. The molecule has 1 fully saturated rings. The van der Waals surface area contributed by atoms with Gasteiger partial charge in [0.25, 0.3) is 0 Å². The van der Waals surface area contributed by atoms with Gasteiger partial charge >= 0.3 is 6.18 Å². The molecule has 1 N–H and O–H groups in total. The molecule has 8 heteroatoms. The van der Waals surface area contributed by atoms with Gasteiger partial charge in [0.05, 0.1) is 28.3 Å². The standard InChI is InChI=1S/C16H23B2F3N2O/c1-14(2)13(18)15(3,8-17)23(10-24-9-22-14)12-6-4-5-11(7-12)16(19,20)21/h4,6-7,11,13,22H,5,8-10H2,1-3H3. The predicted octanol–water partition coefficient (Wildman–Crippen LogP) is 2.93. The van der Waals surface area contributed by atoms with Crippen LogP contribution in [-0.4, -0.2) is 51.3 Å². The molecular weight excluding hydrogens is 315 g/mol. The van der Waals surface area contributed by atoms with Gasteiger partial charge in [-0.3, -0.25) is 5.32 Å². The van der Waals surface area contributed by atoms with Crippen molar-refractivity contribution in [1.82, 2.24) is 10.2 Å². The van der Waals surface area contributed by atoms with E-state index >= 15 is 0 Å². The van der Waals surface area contributed by atoms with E-state index in [0.717, 1.165) is 0 Å². The smallest absolute Gasteiger partial charge is 0.346 e. The second kappa shape index (κ2) is 6.79. The van der Waals surface area contributed by atoms with Gasteiger partial charge in [-0.25, -0.2) is 0 Å². The van der Waals surface area contributed by atoms with Crippen LogP contribution in [0, 0.1) is 5.92 Å². The number of hydrogen-bond acceptors (Lipinski definition) is 3. The van der Waals surface area contributed by atoms with Crippen LogP contribution in [0.5, 0.6) is 0 Å². The van der Waals surface area contributed by atoms with Crippen LogP contribution in [0.4, 0.5) is 13.2 Å². The Morgan fingerprint density at radius 3 is 2.62 bits per heavy atom. The van der Waals surface area contributed by atoms with E-state index in [2.05, 4.69) is 5.32 Å². The number of rotatable bonds is 2. The zero-order chi connectivity index (χ0) is 18.2. The predicted molar refractivity (Wildman–Crippen MR) is 89.7 cm³/mol. The van der Waals surface area contributed by atoms with Crippen LogP contribution >= 0.6 is 0 Å². The van der Waals surface area contributed by atoms with E-state index in [-0.39, 0.29) is 26.2 Å². The van der Waals surface area contributed by atoms with E-state index in [1.54, 1.807) is 11.0 Å². The maximum Gasteiger partial charge on any atom is 0.395 e. The second-order valence-corrected chi connectivity index (χ2v) is 7.22. The van der Waals surface area contributed by atoms with Crippen molar-refractivity contribution in [2.75, 3.05) is 13.5 Å². The van der Waals surface area contributed by atoms with Crippen LogP contribution in [0.25, 0.3) is 0 Å². The van der Waals surface area contributed by atoms with E-state index in [0.29, 0.717) is 5.70 Å². The second-order valence-electron chi connectivity index (χ2n) is 7.22. The van der Waals surface area contributed by atoms with Crippen molar-refractivity contribution >= 4 is 15.7 Å². The number of halogens is 3. The van der Waals surface area contributed by atoms with Crippen LogP contribution in [0.2, 0.25) is 12.1 Å². The van der Waals surface area contributed by atoms with Gasteiger partial charge in [-0.1, -0.05) is 12.4 Å². The lowest BCUT2D eigenvalue weighted by Gasteiger charge is -2.54. The third-order valence-corrected chi connectivity index (χ3v) is 5.11. The summed E-state index contributed by atoms with van der Waals surface area (Å²) in [5.41, 5.74) is -0.805. The van der Waals surface area contributed by atoms with Crippen molar-refractivity contribution in [1.29, 1.82) is 0 Å². The molecule has 3 atom stereocenters. The van der Waals surface area contributed by atoms with Crippen molar-refractivity contribution < 1.29 is 17.9 Å². The summed E-state index contributed by atoms with van der Waals surface area (Å²) in [7, 11) is 12.5. The highest BCUT2D eigenvalue weighted by Gasteiger charge is 2.45. The molecule has 3 nitrogen and oxygen atoms in total. The minimum Gasteiger partial charge on any atom is -0.346 e. The van der Waals surface area contributed by atoms with Crippen molar-refractivity contribution in [3.63, 3.8) is 0 Å². The van der Waals surface area contributed by atoms with Crippen LogP contribution in [0.1, 0.15) is 27.2 Å². The zero-order valence-electron chi connectivity index (χ0n) is 14.4. The fourth-order valence-electron chi connectivity index (χ4n) is 3.26. The molecule has 130 valence electrons. The van der Waals surface area contributed by atoms with Gasteiger partial charge in [-0.15, -0.1) is 0 Å². The molecule has 1 aliphatic carbocycles. The minimum atomic E-state index is -4.28. The lowest BCUT2D eigenvalue weighted by atomic mass is 9.58. The van der Waals surface area contributed by atoms with Gasteiger partial charge in [-0.2, -0.15) is 13.2 Å². The number of ether oxygens (including phenoxy) is 1. The third-order valence-electron chi connectivity index (χ3n) is 5.11. The first-order valence-corrected chi connectivity index (χ1v) is 8.03. The summed E-state index contributed by atoms with van der Waals surface area (Å²) in [5, 5.41) is 3.21. The summed E-state index contributed by atoms with van der Waals surface area (Å²) in [6, 6.07) is 0. The summed E-state index contributed by atoms with van der Waals surface area (Å²) >= 11 is 0. The number of hydrogen-bond donors (Lipinski definition) is 1. The first-order valence-electron chi connectivity index (χ1n) is 8.03. The molecule has 0 aromatic rings. The van der Waals surface area contributed by atoms with Gasteiger partial charge in [0.15, 0.2) is 0 Å². The molecule has 4 radical (unpaired) electrons. The van der Waals surface area contributed by atoms with Crippen LogP contribution in [0.15, 0.2) is 23.9 Å². The van der Waals surface area contributed by atoms with Gasteiger partial charge in [0, 0.05) is 16.8 Å². The van der Waals surface area contributed by atoms with E-state index in [1.807, 2.05) is 20.8 Å². The number of nitrogens with zero attached hydrogens (tertiary/aromatic N) is 1. The molecule has 24 heavy (non-hydrogen) atoms. The summed E-state index contributed by atoms with van der Waals surface area (Å²) in [6.45, 7) is 6.11. The number of allylic oxidation sites excluding steroid dienone is 3. The summed E-state index contributed by atoms with van der Waals surface area (Å²) in [6.07, 6.45) is 0.324. The monoisotopic (exact) mass is 338 g/mol. The Morgan fingerprint density at radius 2 is 2.04 bits per heavy atom. The molecule has 1 aliphatic heterocycles. The lowest BCUT2D eigenvalue weighted by molar-refractivity contribution is -0.161. The maximum atomic E-state index is 13.1. The fraction of sp³-hybridized carbons (Fsp3) is 0.750. The average Bonchev–Trinajstić information content (AvgIpc) is 2.52. The number of nitrogens with one attached hydrogen (secondary N) is 1. The molecule has 1 saturated heterocycles. The molecule has 0 aromatic heterocycles. The molecule has 0 amide bonds. The topological polar surface area (TPSA) is 24.5 Å². The molecule has 2 rings (SSSR count). The first-order chi connectivity index (χ1) is 11.0. The summed E-state index contributed by atoms with van der Waals surface area (Å²) in [4.78, 5) is 1.76. The Balaban J connectivity index is 2.41. The van der Waals surface area contributed by atoms with Crippen LogP contribution in [0.3, 0.4) is 0 Å².